The van der Waals surface area contributed by atoms with Gasteiger partial charge in [0, 0.05) is 32.0 Å². The van der Waals surface area contributed by atoms with Crippen LogP contribution in [0.2, 0.25) is 0 Å². The summed E-state index contributed by atoms with van der Waals surface area (Å²) >= 11 is 0. The lowest BCUT2D eigenvalue weighted by Crippen LogP contribution is -2.47. The summed E-state index contributed by atoms with van der Waals surface area (Å²) in [5.41, 5.74) is 1.03. The van der Waals surface area contributed by atoms with Crippen molar-refractivity contribution in [1.29, 1.82) is 0 Å². The molecule has 1 unspecified atom stereocenters. The van der Waals surface area contributed by atoms with Gasteiger partial charge in [-0.05, 0) is 50.4 Å². The van der Waals surface area contributed by atoms with E-state index in [-0.39, 0.29) is 0 Å². The molecule has 0 spiro atoms. The van der Waals surface area contributed by atoms with E-state index in [9.17, 15) is 8.42 Å². The Morgan fingerprint density at radius 1 is 1.48 bits per heavy atom. The zero-order valence-corrected chi connectivity index (χ0v) is 13.3. The van der Waals surface area contributed by atoms with Crippen LogP contribution in [0.3, 0.4) is 0 Å². The fourth-order valence-electron chi connectivity index (χ4n) is 2.66. The number of piperidine rings is 1. The van der Waals surface area contributed by atoms with Gasteiger partial charge in [0.25, 0.3) is 10.2 Å². The maximum atomic E-state index is 12.3. The Morgan fingerprint density at radius 3 is 3.05 bits per heavy atom. The minimum absolute atomic E-state index is 0.402. The molecular formula is C14H24N4O2S. The third-order valence-corrected chi connectivity index (χ3v) is 5.32. The van der Waals surface area contributed by atoms with Gasteiger partial charge in [0.05, 0.1) is 0 Å². The summed E-state index contributed by atoms with van der Waals surface area (Å²) in [5.74, 6) is 0.402. The first-order chi connectivity index (χ1) is 10.1. The highest BCUT2D eigenvalue weighted by atomic mass is 32.2. The molecule has 1 atom stereocenters. The molecule has 1 fully saturated rings. The van der Waals surface area contributed by atoms with Crippen molar-refractivity contribution in [3.05, 3.63) is 30.1 Å². The summed E-state index contributed by atoms with van der Waals surface area (Å²) in [7, 11) is -1.47. The fourth-order valence-corrected chi connectivity index (χ4v) is 3.98. The number of nitrogens with one attached hydrogen (secondary N) is 2. The van der Waals surface area contributed by atoms with Gasteiger partial charge in [-0.3, -0.25) is 4.98 Å². The number of pyridine rings is 1. The van der Waals surface area contributed by atoms with E-state index in [4.69, 9.17) is 0 Å². The molecule has 0 amide bonds. The van der Waals surface area contributed by atoms with Crippen LogP contribution in [0.4, 0.5) is 0 Å². The van der Waals surface area contributed by atoms with E-state index < -0.39 is 10.2 Å². The van der Waals surface area contributed by atoms with Crippen molar-refractivity contribution in [3.63, 3.8) is 0 Å². The smallest absolute Gasteiger partial charge is 0.279 e. The second-order valence-electron chi connectivity index (χ2n) is 5.43. The van der Waals surface area contributed by atoms with E-state index in [0.717, 1.165) is 24.9 Å². The fraction of sp³-hybridized carbons (Fsp3) is 0.643. The Bertz CT molecular complexity index is 519. The predicted molar refractivity (Wildman–Crippen MR) is 83.1 cm³/mol. The van der Waals surface area contributed by atoms with Gasteiger partial charge in [0.2, 0.25) is 0 Å². The van der Waals surface area contributed by atoms with Crippen molar-refractivity contribution >= 4 is 10.2 Å². The maximum absolute atomic E-state index is 12.3. The summed E-state index contributed by atoms with van der Waals surface area (Å²) in [6, 6.07) is 3.81. The second kappa shape index (κ2) is 7.84. The van der Waals surface area contributed by atoms with Gasteiger partial charge < -0.3 is 5.32 Å². The molecule has 2 N–H and O–H groups in total. The lowest BCUT2D eigenvalue weighted by Gasteiger charge is -2.31. The maximum Gasteiger partial charge on any atom is 0.279 e. The monoisotopic (exact) mass is 312 g/mol. The Kier molecular flexibility index (Phi) is 6.10. The predicted octanol–water partition coefficient (Wildman–Crippen LogP) is 0.390. The van der Waals surface area contributed by atoms with Crippen LogP contribution in [-0.2, 0) is 16.6 Å². The molecule has 0 radical (unpaired) electrons. The lowest BCUT2D eigenvalue weighted by molar-refractivity contribution is 0.261. The largest absolute Gasteiger partial charge is 0.319 e. The molecule has 7 heteroatoms. The van der Waals surface area contributed by atoms with E-state index in [0.29, 0.717) is 32.0 Å². The highest BCUT2D eigenvalue weighted by Crippen LogP contribution is 2.17. The molecule has 0 bridgehead atoms. The van der Waals surface area contributed by atoms with Crippen LogP contribution in [-0.4, -0.2) is 50.9 Å². The normalized spacial score (nSPS) is 20.5. The van der Waals surface area contributed by atoms with Gasteiger partial charge in [-0.2, -0.15) is 12.7 Å². The highest BCUT2D eigenvalue weighted by Gasteiger charge is 2.28. The van der Waals surface area contributed by atoms with Crippen molar-refractivity contribution in [1.82, 2.24) is 19.3 Å². The number of hydrogen-bond donors (Lipinski definition) is 2. The molecule has 21 heavy (non-hydrogen) atoms. The van der Waals surface area contributed by atoms with Crippen LogP contribution in [0.15, 0.2) is 24.5 Å². The molecule has 0 saturated carbocycles. The first kappa shape index (κ1) is 16.4. The summed E-state index contributed by atoms with van der Waals surface area (Å²) in [4.78, 5) is 4.03. The van der Waals surface area contributed by atoms with Gasteiger partial charge in [-0.25, -0.2) is 4.72 Å². The number of nitrogens with zero attached hydrogens (tertiary/aromatic N) is 2. The van der Waals surface area contributed by atoms with Crippen LogP contribution < -0.4 is 10.0 Å². The zero-order valence-electron chi connectivity index (χ0n) is 12.5. The number of hydrogen-bond acceptors (Lipinski definition) is 4. The Hall–Kier alpha value is -1.02. The van der Waals surface area contributed by atoms with Crippen molar-refractivity contribution < 1.29 is 8.42 Å². The Morgan fingerprint density at radius 2 is 2.33 bits per heavy atom. The van der Waals surface area contributed by atoms with Crippen LogP contribution in [0, 0.1) is 5.92 Å². The molecule has 1 aromatic heterocycles. The van der Waals surface area contributed by atoms with Crippen molar-refractivity contribution in [2.75, 3.05) is 33.2 Å². The Labute approximate surface area is 127 Å². The molecule has 1 aliphatic heterocycles. The van der Waals surface area contributed by atoms with Gasteiger partial charge in [-0.1, -0.05) is 6.07 Å². The second-order valence-corrected chi connectivity index (χ2v) is 7.19. The van der Waals surface area contributed by atoms with Crippen LogP contribution in [0.1, 0.15) is 18.4 Å². The van der Waals surface area contributed by atoms with Crippen LogP contribution in [0.5, 0.6) is 0 Å². The van der Waals surface area contributed by atoms with Crippen LogP contribution >= 0.6 is 0 Å². The van der Waals surface area contributed by atoms with E-state index in [1.54, 1.807) is 16.7 Å². The van der Waals surface area contributed by atoms with Crippen molar-refractivity contribution in [2.24, 2.45) is 5.92 Å². The summed E-state index contributed by atoms with van der Waals surface area (Å²) < 4.78 is 28.9. The van der Waals surface area contributed by atoms with Crippen molar-refractivity contribution in [3.8, 4) is 0 Å². The topological polar surface area (TPSA) is 74.3 Å². The standard InChI is InChI=1S/C14H24N4O2S/c1-15-10-14-5-3-9-18(12-14)21(19,20)17-8-6-13-4-2-7-16-11-13/h2,4,7,11,14-15,17H,3,5-6,8-10,12H2,1H3. The molecule has 0 aliphatic carbocycles. The number of aromatic nitrogens is 1. The molecule has 6 nitrogen and oxygen atoms in total. The van der Waals surface area contributed by atoms with Gasteiger partial charge >= 0.3 is 0 Å². The molecule has 118 valence electrons. The SMILES string of the molecule is CNCC1CCCN(S(=O)(=O)NCCc2cccnc2)C1. The van der Waals surface area contributed by atoms with E-state index in [1.165, 1.54) is 0 Å². The molecule has 1 aromatic rings. The summed E-state index contributed by atoms with van der Waals surface area (Å²) in [6.07, 6.45) is 6.14. The molecular weight excluding hydrogens is 288 g/mol. The summed E-state index contributed by atoms with van der Waals surface area (Å²) in [6.45, 7) is 2.48. The van der Waals surface area contributed by atoms with Crippen molar-refractivity contribution in [2.45, 2.75) is 19.3 Å². The van der Waals surface area contributed by atoms with Crippen LogP contribution in [0.25, 0.3) is 0 Å². The zero-order chi connectivity index (χ0) is 15.1. The molecule has 1 aliphatic rings. The van der Waals surface area contributed by atoms with Gasteiger partial charge in [-0.15, -0.1) is 0 Å². The van der Waals surface area contributed by atoms with Gasteiger partial charge in [0.15, 0.2) is 0 Å². The Balaban J connectivity index is 1.83. The third kappa shape index (κ3) is 5.03. The molecule has 0 aromatic carbocycles. The molecule has 2 heterocycles. The number of rotatable bonds is 7. The van der Waals surface area contributed by atoms with E-state index in [2.05, 4.69) is 15.0 Å². The van der Waals surface area contributed by atoms with Gasteiger partial charge in [0.1, 0.15) is 0 Å². The summed E-state index contributed by atoms with van der Waals surface area (Å²) in [5, 5.41) is 3.13. The van der Waals surface area contributed by atoms with E-state index >= 15 is 0 Å². The average molecular weight is 312 g/mol. The quantitative estimate of drug-likeness (QED) is 0.764. The molecule has 2 rings (SSSR count). The lowest BCUT2D eigenvalue weighted by atomic mass is 10.00. The first-order valence-electron chi connectivity index (χ1n) is 7.40. The highest BCUT2D eigenvalue weighted by molar-refractivity contribution is 7.87. The first-order valence-corrected chi connectivity index (χ1v) is 8.84. The minimum atomic E-state index is -3.37. The minimum Gasteiger partial charge on any atom is -0.319 e. The average Bonchev–Trinajstić information content (AvgIpc) is 2.49. The third-order valence-electron chi connectivity index (χ3n) is 3.74. The van der Waals surface area contributed by atoms with E-state index in [1.807, 2.05) is 19.2 Å². The molecule has 1 saturated heterocycles.